The van der Waals surface area contributed by atoms with Crippen LogP contribution in [0.5, 0.6) is 0 Å². The van der Waals surface area contributed by atoms with Crippen LogP contribution in [0, 0.1) is 5.41 Å². The second-order valence-corrected chi connectivity index (χ2v) is 6.86. The molecule has 1 aromatic heterocycles. The van der Waals surface area contributed by atoms with E-state index in [9.17, 15) is 9.90 Å². The van der Waals surface area contributed by atoms with Crippen molar-refractivity contribution in [2.75, 3.05) is 19.0 Å². The Balaban J connectivity index is 2.69. The largest absolute Gasteiger partial charge is 0.394 e. The number of nitrogens with one attached hydrogen (secondary N) is 1. The van der Waals surface area contributed by atoms with E-state index in [0.717, 1.165) is 18.5 Å². The number of aliphatic hydroxyl groups excluding tert-OH is 1. The van der Waals surface area contributed by atoms with Gasteiger partial charge in [-0.3, -0.25) is 5.32 Å². The normalized spacial score (nSPS) is 13.1. The van der Waals surface area contributed by atoms with Gasteiger partial charge in [0.2, 0.25) is 0 Å². The summed E-state index contributed by atoms with van der Waals surface area (Å²) < 4.78 is 0. The fourth-order valence-corrected chi connectivity index (χ4v) is 2.77. The van der Waals surface area contributed by atoms with Gasteiger partial charge in [-0.05, 0) is 11.8 Å². The average Bonchev–Trinajstić information content (AvgIpc) is 2.76. The molecule has 0 radical (unpaired) electrons. The fourth-order valence-electron chi connectivity index (χ4n) is 2.03. The Morgan fingerprint density at radius 3 is 2.70 bits per heavy atom. The minimum atomic E-state index is -0.239. The number of rotatable bonds is 5. The Hall–Kier alpha value is -1.14. The topological polar surface area (TPSA) is 65.5 Å². The first-order valence-electron chi connectivity index (χ1n) is 6.88. The lowest BCUT2D eigenvalue weighted by atomic mass is 9.86. The van der Waals surface area contributed by atoms with Crippen LogP contribution in [0.1, 0.15) is 39.8 Å². The number of thiazole rings is 1. The third kappa shape index (κ3) is 4.45. The average molecular weight is 299 g/mol. The quantitative estimate of drug-likeness (QED) is 0.878. The monoisotopic (exact) mass is 299 g/mol. The van der Waals surface area contributed by atoms with Crippen LogP contribution < -0.4 is 5.32 Å². The number of hydrogen-bond acceptors (Lipinski definition) is 4. The SMILES string of the molecule is CCCc1csc(NC(=O)N(C)C(CO)C(C)(C)C)n1. The summed E-state index contributed by atoms with van der Waals surface area (Å²) >= 11 is 1.43. The van der Waals surface area contributed by atoms with Crippen molar-refractivity contribution in [1.29, 1.82) is 0 Å². The molecule has 5 nitrogen and oxygen atoms in total. The number of urea groups is 1. The van der Waals surface area contributed by atoms with Gasteiger partial charge < -0.3 is 10.0 Å². The van der Waals surface area contributed by atoms with Crippen LogP contribution in [-0.4, -0.2) is 40.7 Å². The van der Waals surface area contributed by atoms with Gasteiger partial charge in [0.15, 0.2) is 5.13 Å². The van der Waals surface area contributed by atoms with Crippen molar-refractivity contribution in [2.45, 2.75) is 46.6 Å². The maximum Gasteiger partial charge on any atom is 0.323 e. The minimum absolute atomic E-state index is 0.0631. The highest BCUT2D eigenvalue weighted by molar-refractivity contribution is 7.13. The number of aryl methyl sites for hydroxylation is 1. The molecule has 2 amide bonds. The van der Waals surface area contributed by atoms with E-state index >= 15 is 0 Å². The highest BCUT2D eigenvalue weighted by Gasteiger charge is 2.30. The molecular formula is C14H25N3O2S. The summed E-state index contributed by atoms with van der Waals surface area (Å²) in [6.07, 6.45) is 1.96. The van der Waals surface area contributed by atoms with Crippen molar-refractivity contribution >= 4 is 22.5 Å². The Morgan fingerprint density at radius 1 is 1.55 bits per heavy atom. The van der Waals surface area contributed by atoms with E-state index in [2.05, 4.69) is 17.2 Å². The molecule has 0 bridgehead atoms. The second-order valence-electron chi connectivity index (χ2n) is 6.00. The molecule has 1 rings (SSSR count). The summed E-state index contributed by atoms with van der Waals surface area (Å²) in [7, 11) is 1.70. The Bertz CT molecular complexity index is 440. The van der Waals surface area contributed by atoms with Crippen LogP contribution in [0.15, 0.2) is 5.38 Å². The molecule has 6 heteroatoms. The molecule has 1 atom stereocenters. The molecule has 0 saturated heterocycles. The van der Waals surface area contributed by atoms with E-state index in [-0.39, 0.29) is 24.1 Å². The fraction of sp³-hybridized carbons (Fsp3) is 0.714. The first kappa shape index (κ1) is 16.9. The number of hydrogen-bond donors (Lipinski definition) is 2. The zero-order valence-electron chi connectivity index (χ0n) is 12.9. The summed E-state index contributed by atoms with van der Waals surface area (Å²) in [6.45, 7) is 8.04. The first-order chi connectivity index (χ1) is 9.29. The van der Waals surface area contributed by atoms with Gasteiger partial charge >= 0.3 is 6.03 Å². The van der Waals surface area contributed by atoms with Crippen LogP contribution in [0.4, 0.5) is 9.93 Å². The molecule has 114 valence electrons. The highest BCUT2D eigenvalue weighted by atomic mass is 32.1. The van der Waals surface area contributed by atoms with Gasteiger partial charge in [-0.15, -0.1) is 11.3 Å². The Kier molecular flexibility index (Phi) is 5.95. The Morgan fingerprint density at radius 2 is 2.20 bits per heavy atom. The third-order valence-corrected chi connectivity index (χ3v) is 4.04. The molecule has 2 N–H and O–H groups in total. The molecule has 1 unspecified atom stereocenters. The summed E-state index contributed by atoms with van der Waals surface area (Å²) in [5, 5.41) is 14.8. The predicted octanol–water partition coefficient (Wildman–Crippen LogP) is 2.97. The second kappa shape index (κ2) is 7.04. The highest BCUT2D eigenvalue weighted by Crippen LogP contribution is 2.24. The lowest BCUT2D eigenvalue weighted by Gasteiger charge is -2.36. The molecule has 20 heavy (non-hydrogen) atoms. The smallest absolute Gasteiger partial charge is 0.323 e. The predicted molar refractivity (Wildman–Crippen MR) is 83.2 cm³/mol. The Labute approximate surface area is 125 Å². The molecule has 0 spiro atoms. The standard InChI is InChI=1S/C14H25N3O2S/c1-6-7-10-9-20-12(15-10)16-13(19)17(5)11(8-18)14(2,3)4/h9,11,18H,6-8H2,1-5H3,(H,15,16,19). The molecular weight excluding hydrogens is 274 g/mol. The van der Waals surface area contributed by atoms with Crippen LogP contribution in [0.3, 0.4) is 0 Å². The number of amides is 2. The van der Waals surface area contributed by atoms with Crippen molar-refractivity contribution in [3.05, 3.63) is 11.1 Å². The zero-order chi connectivity index (χ0) is 15.3. The zero-order valence-corrected chi connectivity index (χ0v) is 13.8. The number of aromatic nitrogens is 1. The van der Waals surface area contributed by atoms with Gasteiger partial charge in [-0.1, -0.05) is 34.1 Å². The number of nitrogens with zero attached hydrogens (tertiary/aromatic N) is 2. The third-order valence-electron chi connectivity index (χ3n) is 3.23. The van der Waals surface area contributed by atoms with E-state index in [4.69, 9.17) is 0 Å². The van der Waals surface area contributed by atoms with E-state index in [1.54, 1.807) is 11.9 Å². The van der Waals surface area contributed by atoms with Crippen molar-refractivity contribution < 1.29 is 9.90 Å². The molecule has 0 aliphatic rings. The van der Waals surface area contributed by atoms with Crippen molar-refractivity contribution in [2.24, 2.45) is 5.41 Å². The summed E-state index contributed by atoms with van der Waals surface area (Å²) in [6, 6.07) is -0.478. The van der Waals surface area contributed by atoms with E-state index < -0.39 is 0 Å². The number of carbonyl (C=O) groups excluding carboxylic acids is 1. The molecule has 1 aromatic rings. The molecule has 1 heterocycles. The summed E-state index contributed by atoms with van der Waals surface area (Å²) in [4.78, 5) is 18.1. The molecule has 0 aliphatic carbocycles. The maximum absolute atomic E-state index is 12.2. The summed E-state index contributed by atoms with van der Waals surface area (Å²) in [5.41, 5.74) is 0.821. The van der Waals surface area contributed by atoms with Gasteiger partial charge in [0.25, 0.3) is 0 Å². The van der Waals surface area contributed by atoms with Gasteiger partial charge in [0.1, 0.15) is 0 Å². The lowest BCUT2D eigenvalue weighted by Crippen LogP contribution is -2.48. The van der Waals surface area contributed by atoms with Crippen LogP contribution in [0.25, 0.3) is 0 Å². The van der Waals surface area contributed by atoms with E-state index in [1.807, 2.05) is 26.2 Å². The maximum atomic E-state index is 12.2. The van der Waals surface area contributed by atoms with Crippen LogP contribution in [-0.2, 0) is 6.42 Å². The van der Waals surface area contributed by atoms with Gasteiger partial charge in [0, 0.05) is 12.4 Å². The van der Waals surface area contributed by atoms with Crippen LogP contribution >= 0.6 is 11.3 Å². The van der Waals surface area contributed by atoms with Gasteiger partial charge in [0.05, 0.1) is 18.3 Å². The van der Waals surface area contributed by atoms with Crippen molar-refractivity contribution in [3.63, 3.8) is 0 Å². The van der Waals surface area contributed by atoms with E-state index in [1.165, 1.54) is 11.3 Å². The molecule has 0 fully saturated rings. The molecule has 0 aromatic carbocycles. The van der Waals surface area contributed by atoms with Crippen LogP contribution in [0.2, 0.25) is 0 Å². The number of likely N-dealkylation sites (N-methyl/N-ethyl adjacent to an activating group) is 1. The number of aliphatic hydroxyl groups is 1. The summed E-state index contributed by atoms with van der Waals surface area (Å²) in [5.74, 6) is 0. The molecule has 0 aliphatic heterocycles. The molecule has 0 saturated carbocycles. The van der Waals surface area contributed by atoms with Gasteiger partial charge in [-0.2, -0.15) is 0 Å². The van der Waals surface area contributed by atoms with Crippen molar-refractivity contribution in [3.8, 4) is 0 Å². The number of carbonyl (C=O) groups is 1. The van der Waals surface area contributed by atoms with E-state index in [0.29, 0.717) is 5.13 Å². The van der Waals surface area contributed by atoms with Crippen molar-refractivity contribution in [1.82, 2.24) is 9.88 Å². The number of anilines is 1. The lowest BCUT2D eigenvalue weighted by molar-refractivity contribution is 0.0886. The first-order valence-corrected chi connectivity index (χ1v) is 7.76. The van der Waals surface area contributed by atoms with Gasteiger partial charge in [-0.25, -0.2) is 9.78 Å². The minimum Gasteiger partial charge on any atom is -0.394 e.